The summed E-state index contributed by atoms with van der Waals surface area (Å²) in [5.41, 5.74) is 0. The molecule has 0 spiro atoms. The molecule has 1 fully saturated rings. The maximum absolute atomic E-state index is 11.0. The van der Waals surface area contributed by atoms with Crippen LogP contribution in [-0.4, -0.2) is 37.7 Å². The molecule has 1 atom stereocenters. The third kappa shape index (κ3) is 3.33. The summed E-state index contributed by atoms with van der Waals surface area (Å²) in [4.78, 5) is 21.9. The molecule has 0 aromatic carbocycles. The molecule has 0 aliphatic carbocycles. The van der Waals surface area contributed by atoms with Crippen molar-refractivity contribution < 1.29 is 19.1 Å². The monoisotopic (exact) mass is 201 g/mol. The topological polar surface area (TPSA) is 64.6 Å². The highest BCUT2D eigenvalue weighted by molar-refractivity contribution is 6.32. The zero-order valence-electron chi connectivity index (χ0n) is 8.25. The fourth-order valence-electron chi connectivity index (χ4n) is 1.28. The molecule has 5 nitrogen and oxygen atoms in total. The molecule has 1 aliphatic heterocycles. The van der Waals surface area contributed by atoms with Crippen molar-refractivity contribution in [3.05, 3.63) is 0 Å². The second-order valence-electron chi connectivity index (χ2n) is 3.07. The summed E-state index contributed by atoms with van der Waals surface area (Å²) in [6.45, 7) is 3.00. The van der Waals surface area contributed by atoms with Gasteiger partial charge >= 0.3 is 11.9 Å². The van der Waals surface area contributed by atoms with Crippen molar-refractivity contribution in [3.8, 4) is 0 Å². The number of carbonyl (C=O) groups is 2. The Morgan fingerprint density at radius 2 is 2.36 bits per heavy atom. The summed E-state index contributed by atoms with van der Waals surface area (Å²) in [6, 6.07) is 0. The highest BCUT2D eigenvalue weighted by Crippen LogP contribution is 2.10. The summed E-state index contributed by atoms with van der Waals surface area (Å²) in [6.07, 6.45) is 2.00. The lowest BCUT2D eigenvalue weighted by molar-refractivity contribution is -0.154. The molecule has 0 radical (unpaired) electrons. The Morgan fingerprint density at radius 3 is 2.93 bits per heavy atom. The molecule has 80 valence electrons. The first-order chi connectivity index (χ1) is 6.74. The van der Waals surface area contributed by atoms with Gasteiger partial charge in [-0.3, -0.25) is 4.79 Å². The fraction of sp³-hybridized carbons (Fsp3) is 0.778. The predicted octanol–water partition coefficient (Wildman–Crippen LogP) is -0.155. The Bertz CT molecular complexity index is 211. The van der Waals surface area contributed by atoms with Crippen LogP contribution in [0.2, 0.25) is 0 Å². The van der Waals surface area contributed by atoms with Crippen LogP contribution in [0.25, 0.3) is 0 Å². The highest BCUT2D eigenvalue weighted by atomic mass is 16.5. The van der Waals surface area contributed by atoms with Gasteiger partial charge in [0, 0.05) is 13.2 Å². The molecule has 0 bridgehead atoms. The minimum atomic E-state index is -0.828. The van der Waals surface area contributed by atoms with Crippen LogP contribution in [0.5, 0.6) is 0 Å². The Labute approximate surface area is 82.8 Å². The van der Waals surface area contributed by atoms with Gasteiger partial charge in [-0.1, -0.05) is 0 Å². The number of hydrogen-bond acceptors (Lipinski definition) is 4. The van der Waals surface area contributed by atoms with Gasteiger partial charge in [0.1, 0.15) is 0 Å². The lowest BCUT2D eigenvalue weighted by Crippen LogP contribution is -2.37. The van der Waals surface area contributed by atoms with Crippen molar-refractivity contribution in [2.45, 2.75) is 25.9 Å². The van der Waals surface area contributed by atoms with Crippen LogP contribution in [0.1, 0.15) is 19.8 Å². The number of amides is 1. The number of hydrogen-bond donors (Lipinski definition) is 1. The predicted molar refractivity (Wildman–Crippen MR) is 48.6 cm³/mol. The molecule has 5 heteroatoms. The first-order valence-corrected chi connectivity index (χ1v) is 4.80. The normalized spacial score (nSPS) is 20.5. The lowest BCUT2D eigenvalue weighted by atomic mass is 10.2. The van der Waals surface area contributed by atoms with E-state index in [9.17, 15) is 9.59 Å². The minimum Gasteiger partial charge on any atom is -0.459 e. The minimum absolute atomic E-state index is 0.0494. The Balaban J connectivity index is 2.16. The van der Waals surface area contributed by atoms with Crippen LogP contribution in [0.3, 0.4) is 0 Å². The zero-order valence-corrected chi connectivity index (χ0v) is 8.25. The number of ether oxygens (including phenoxy) is 2. The summed E-state index contributed by atoms with van der Waals surface area (Å²) >= 11 is 0. The summed E-state index contributed by atoms with van der Waals surface area (Å²) in [5.74, 6) is -1.52. The molecule has 1 N–H and O–H groups in total. The summed E-state index contributed by atoms with van der Waals surface area (Å²) in [7, 11) is 0. The van der Waals surface area contributed by atoms with Crippen molar-refractivity contribution in [2.24, 2.45) is 0 Å². The third-order valence-corrected chi connectivity index (χ3v) is 1.98. The average molecular weight is 201 g/mol. The van der Waals surface area contributed by atoms with E-state index in [0.29, 0.717) is 6.54 Å². The molecule has 14 heavy (non-hydrogen) atoms. The second kappa shape index (κ2) is 5.59. The molecule has 0 aromatic heterocycles. The van der Waals surface area contributed by atoms with E-state index in [1.807, 2.05) is 0 Å². The van der Waals surface area contributed by atoms with Crippen molar-refractivity contribution >= 4 is 11.9 Å². The maximum atomic E-state index is 11.0. The number of esters is 1. The van der Waals surface area contributed by atoms with Crippen molar-refractivity contribution in [2.75, 3.05) is 19.8 Å². The van der Waals surface area contributed by atoms with Gasteiger partial charge in [0.25, 0.3) is 0 Å². The van der Waals surface area contributed by atoms with E-state index in [1.54, 1.807) is 6.92 Å². The molecular weight excluding hydrogens is 186 g/mol. The van der Waals surface area contributed by atoms with Crippen LogP contribution in [0.4, 0.5) is 0 Å². The van der Waals surface area contributed by atoms with E-state index in [4.69, 9.17) is 4.74 Å². The van der Waals surface area contributed by atoms with Crippen LogP contribution in [-0.2, 0) is 19.1 Å². The molecular formula is C9H15NO4. The lowest BCUT2D eigenvalue weighted by Gasteiger charge is -2.09. The van der Waals surface area contributed by atoms with Gasteiger partial charge in [0.05, 0.1) is 12.7 Å². The van der Waals surface area contributed by atoms with Crippen molar-refractivity contribution in [1.29, 1.82) is 0 Å². The van der Waals surface area contributed by atoms with E-state index in [1.165, 1.54) is 0 Å². The fourth-order valence-corrected chi connectivity index (χ4v) is 1.28. The van der Waals surface area contributed by atoms with E-state index >= 15 is 0 Å². The smallest absolute Gasteiger partial charge is 0.396 e. The first-order valence-electron chi connectivity index (χ1n) is 4.80. The molecule has 1 saturated heterocycles. The average Bonchev–Trinajstić information content (AvgIpc) is 2.67. The van der Waals surface area contributed by atoms with Gasteiger partial charge < -0.3 is 14.8 Å². The van der Waals surface area contributed by atoms with Gasteiger partial charge in [-0.2, -0.15) is 0 Å². The van der Waals surface area contributed by atoms with Crippen LogP contribution >= 0.6 is 0 Å². The molecule has 1 unspecified atom stereocenters. The van der Waals surface area contributed by atoms with E-state index in [2.05, 4.69) is 10.1 Å². The SMILES string of the molecule is CCOC(=O)C(=O)NCC1CCCO1. The van der Waals surface area contributed by atoms with Gasteiger partial charge in [-0.15, -0.1) is 0 Å². The Hall–Kier alpha value is -1.10. The van der Waals surface area contributed by atoms with E-state index in [-0.39, 0.29) is 12.7 Å². The van der Waals surface area contributed by atoms with Crippen LogP contribution in [0.15, 0.2) is 0 Å². The van der Waals surface area contributed by atoms with Gasteiger partial charge in [0.2, 0.25) is 0 Å². The second-order valence-corrected chi connectivity index (χ2v) is 3.07. The number of rotatable bonds is 3. The number of carbonyl (C=O) groups excluding carboxylic acids is 2. The largest absolute Gasteiger partial charge is 0.459 e. The van der Waals surface area contributed by atoms with Gasteiger partial charge in [-0.25, -0.2) is 4.79 Å². The maximum Gasteiger partial charge on any atom is 0.396 e. The van der Waals surface area contributed by atoms with Gasteiger partial charge in [-0.05, 0) is 19.8 Å². The highest BCUT2D eigenvalue weighted by Gasteiger charge is 2.19. The summed E-state index contributed by atoms with van der Waals surface area (Å²) < 4.78 is 9.80. The van der Waals surface area contributed by atoms with Crippen LogP contribution in [0, 0.1) is 0 Å². The molecule has 0 aromatic rings. The van der Waals surface area contributed by atoms with Crippen LogP contribution < -0.4 is 5.32 Å². The zero-order chi connectivity index (χ0) is 10.4. The number of nitrogens with one attached hydrogen (secondary N) is 1. The molecule has 1 rings (SSSR count). The van der Waals surface area contributed by atoms with E-state index < -0.39 is 11.9 Å². The molecule has 0 saturated carbocycles. The molecule has 1 amide bonds. The molecule has 1 heterocycles. The van der Waals surface area contributed by atoms with Gasteiger partial charge in [0.15, 0.2) is 0 Å². The molecule has 1 aliphatic rings. The van der Waals surface area contributed by atoms with Crippen molar-refractivity contribution in [3.63, 3.8) is 0 Å². The standard InChI is InChI=1S/C9H15NO4/c1-2-13-9(12)8(11)10-6-7-4-3-5-14-7/h7H,2-6H2,1H3,(H,10,11). The summed E-state index contributed by atoms with van der Waals surface area (Å²) in [5, 5.41) is 2.47. The third-order valence-electron chi connectivity index (χ3n) is 1.98. The quantitative estimate of drug-likeness (QED) is 0.509. The van der Waals surface area contributed by atoms with Crippen molar-refractivity contribution in [1.82, 2.24) is 5.32 Å². The Kier molecular flexibility index (Phi) is 4.39. The van der Waals surface area contributed by atoms with E-state index in [0.717, 1.165) is 19.4 Å². The first kappa shape index (κ1) is 11.0. The Morgan fingerprint density at radius 1 is 1.57 bits per heavy atom.